The molecule has 0 aliphatic carbocycles. The van der Waals surface area contributed by atoms with Gasteiger partial charge < -0.3 is 10.6 Å². The maximum Gasteiger partial charge on any atom is 0.279 e. The van der Waals surface area contributed by atoms with Crippen LogP contribution in [-0.4, -0.2) is 17.4 Å². The zero-order valence-electron chi connectivity index (χ0n) is 14.1. The van der Waals surface area contributed by atoms with Gasteiger partial charge in [-0.15, -0.1) is 0 Å². The molecule has 0 aromatic heterocycles. The molecule has 0 heterocycles. The predicted molar refractivity (Wildman–Crippen MR) is 92.5 cm³/mol. The average Bonchev–Trinajstić information content (AvgIpc) is 2.57. The SMILES string of the molecule is CC(C)[C@@H]([NH2+]CC(=O)Nc1ccc([N+](=O)[O-])cc1)c1ccc(F)cc1. The number of hydrogen-bond donors (Lipinski definition) is 2. The monoisotopic (exact) mass is 346 g/mol. The third-order valence-corrected chi connectivity index (χ3v) is 3.89. The molecular formula is C18H21FN3O3+. The second kappa shape index (κ2) is 8.34. The Balaban J connectivity index is 1.94. The Morgan fingerprint density at radius 1 is 1.16 bits per heavy atom. The molecule has 0 saturated carbocycles. The number of hydrogen-bond acceptors (Lipinski definition) is 3. The van der Waals surface area contributed by atoms with Crippen molar-refractivity contribution < 1.29 is 19.4 Å². The third kappa shape index (κ3) is 5.36. The van der Waals surface area contributed by atoms with Crippen molar-refractivity contribution >= 4 is 17.3 Å². The quantitative estimate of drug-likeness (QED) is 0.597. The number of amides is 1. The van der Waals surface area contributed by atoms with Gasteiger partial charge in [-0.05, 0) is 24.3 Å². The Morgan fingerprint density at radius 3 is 2.28 bits per heavy atom. The van der Waals surface area contributed by atoms with Crippen LogP contribution in [0.3, 0.4) is 0 Å². The second-order valence-corrected chi connectivity index (χ2v) is 6.11. The summed E-state index contributed by atoms with van der Waals surface area (Å²) in [5.41, 5.74) is 1.44. The van der Waals surface area contributed by atoms with Gasteiger partial charge in [-0.3, -0.25) is 14.9 Å². The van der Waals surface area contributed by atoms with Gasteiger partial charge in [0.25, 0.3) is 11.6 Å². The van der Waals surface area contributed by atoms with Crippen molar-refractivity contribution in [1.29, 1.82) is 0 Å². The summed E-state index contributed by atoms with van der Waals surface area (Å²) in [6, 6.07) is 12.0. The fourth-order valence-corrected chi connectivity index (χ4v) is 2.59. The number of quaternary nitrogens is 1. The lowest BCUT2D eigenvalue weighted by atomic mass is 9.96. The van der Waals surface area contributed by atoms with Crippen molar-refractivity contribution in [2.45, 2.75) is 19.9 Å². The van der Waals surface area contributed by atoms with E-state index in [1.54, 1.807) is 12.1 Å². The molecule has 0 saturated heterocycles. The molecule has 1 atom stereocenters. The zero-order chi connectivity index (χ0) is 18.4. The van der Waals surface area contributed by atoms with Crippen LogP contribution in [0.1, 0.15) is 25.5 Å². The topological polar surface area (TPSA) is 88.8 Å². The first-order valence-corrected chi connectivity index (χ1v) is 8.00. The lowest BCUT2D eigenvalue weighted by Crippen LogP contribution is -2.88. The summed E-state index contributed by atoms with van der Waals surface area (Å²) >= 11 is 0. The molecule has 0 aliphatic rings. The number of rotatable bonds is 7. The summed E-state index contributed by atoms with van der Waals surface area (Å²) in [4.78, 5) is 22.2. The van der Waals surface area contributed by atoms with Crippen molar-refractivity contribution in [3.05, 3.63) is 70.0 Å². The van der Waals surface area contributed by atoms with E-state index < -0.39 is 4.92 Å². The van der Waals surface area contributed by atoms with Gasteiger partial charge in [-0.2, -0.15) is 0 Å². The molecule has 25 heavy (non-hydrogen) atoms. The van der Waals surface area contributed by atoms with Gasteiger partial charge in [0, 0.05) is 29.3 Å². The van der Waals surface area contributed by atoms with Gasteiger partial charge in [-0.25, -0.2) is 4.39 Å². The summed E-state index contributed by atoms with van der Waals surface area (Å²) in [6.07, 6.45) is 0. The highest BCUT2D eigenvalue weighted by Gasteiger charge is 2.20. The van der Waals surface area contributed by atoms with Crippen LogP contribution in [0.2, 0.25) is 0 Å². The van der Waals surface area contributed by atoms with E-state index in [0.717, 1.165) is 5.56 Å². The zero-order valence-corrected chi connectivity index (χ0v) is 14.1. The van der Waals surface area contributed by atoms with E-state index in [-0.39, 0.29) is 35.9 Å². The predicted octanol–water partition coefficient (Wildman–Crippen LogP) is 2.63. The highest BCUT2D eigenvalue weighted by atomic mass is 19.1. The number of halogens is 1. The molecule has 2 rings (SSSR count). The first-order chi connectivity index (χ1) is 11.9. The maximum absolute atomic E-state index is 13.1. The Labute approximate surface area is 145 Å². The van der Waals surface area contributed by atoms with Crippen LogP contribution < -0.4 is 10.6 Å². The van der Waals surface area contributed by atoms with E-state index in [1.807, 2.05) is 19.2 Å². The number of carbonyl (C=O) groups excluding carboxylic acids is 1. The normalized spacial score (nSPS) is 12.0. The standard InChI is InChI=1S/C18H20FN3O3/c1-12(2)18(13-3-5-14(19)6-4-13)20-11-17(23)21-15-7-9-16(10-8-15)22(24)25/h3-10,12,18,20H,11H2,1-2H3,(H,21,23)/p+1/t18-/m1/s1. The van der Waals surface area contributed by atoms with Crippen molar-refractivity contribution in [3.63, 3.8) is 0 Å². The Bertz CT molecular complexity index is 730. The molecule has 0 spiro atoms. The van der Waals surface area contributed by atoms with Crippen LogP contribution in [0.25, 0.3) is 0 Å². The molecular weight excluding hydrogens is 325 g/mol. The molecule has 2 aromatic rings. The highest BCUT2D eigenvalue weighted by molar-refractivity contribution is 5.91. The van der Waals surface area contributed by atoms with Crippen molar-refractivity contribution in [3.8, 4) is 0 Å². The lowest BCUT2D eigenvalue weighted by molar-refractivity contribution is -0.692. The van der Waals surface area contributed by atoms with Gasteiger partial charge in [0.2, 0.25) is 0 Å². The van der Waals surface area contributed by atoms with Gasteiger partial charge in [0.05, 0.1) is 4.92 Å². The molecule has 0 unspecified atom stereocenters. The molecule has 3 N–H and O–H groups in total. The minimum absolute atomic E-state index is 0.0271. The number of nitro benzene ring substituents is 1. The maximum atomic E-state index is 13.1. The van der Waals surface area contributed by atoms with E-state index in [9.17, 15) is 19.3 Å². The minimum atomic E-state index is -0.491. The van der Waals surface area contributed by atoms with Crippen LogP contribution in [-0.2, 0) is 4.79 Å². The molecule has 0 radical (unpaired) electrons. The lowest BCUT2D eigenvalue weighted by Gasteiger charge is -2.19. The summed E-state index contributed by atoms with van der Waals surface area (Å²) in [5, 5.41) is 15.2. The number of non-ortho nitro benzene ring substituents is 1. The number of nitro groups is 1. The molecule has 2 aromatic carbocycles. The number of nitrogens with two attached hydrogens (primary N) is 1. The number of benzene rings is 2. The molecule has 7 heteroatoms. The van der Waals surface area contributed by atoms with E-state index >= 15 is 0 Å². The molecule has 1 amide bonds. The summed E-state index contributed by atoms with van der Waals surface area (Å²) in [6.45, 7) is 4.27. The second-order valence-electron chi connectivity index (χ2n) is 6.11. The smallest absolute Gasteiger partial charge is 0.279 e. The number of carbonyl (C=O) groups is 1. The van der Waals surface area contributed by atoms with E-state index in [1.165, 1.54) is 36.4 Å². The van der Waals surface area contributed by atoms with E-state index in [0.29, 0.717) is 5.69 Å². The molecule has 132 valence electrons. The van der Waals surface area contributed by atoms with Crippen LogP contribution in [0.4, 0.5) is 15.8 Å². The minimum Gasteiger partial charge on any atom is -0.332 e. The van der Waals surface area contributed by atoms with Crippen LogP contribution in [0.15, 0.2) is 48.5 Å². The average molecular weight is 346 g/mol. The number of nitrogens with one attached hydrogen (secondary N) is 1. The molecule has 0 bridgehead atoms. The first kappa shape index (κ1) is 18.5. The number of anilines is 1. The van der Waals surface area contributed by atoms with Crippen molar-refractivity contribution in [1.82, 2.24) is 0 Å². The van der Waals surface area contributed by atoms with Crippen molar-refractivity contribution in [2.75, 3.05) is 11.9 Å². The van der Waals surface area contributed by atoms with Gasteiger partial charge in [-0.1, -0.05) is 26.0 Å². The fourth-order valence-electron chi connectivity index (χ4n) is 2.59. The van der Waals surface area contributed by atoms with E-state index in [4.69, 9.17) is 0 Å². The Kier molecular flexibility index (Phi) is 6.19. The van der Waals surface area contributed by atoms with E-state index in [2.05, 4.69) is 5.32 Å². The van der Waals surface area contributed by atoms with Crippen LogP contribution in [0, 0.1) is 21.8 Å². The fraction of sp³-hybridized carbons (Fsp3) is 0.278. The van der Waals surface area contributed by atoms with Crippen LogP contribution in [0.5, 0.6) is 0 Å². The Morgan fingerprint density at radius 2 is 1.76 bits per heavy atom. The molecule has 6 nitrogen and oxygen atoms in total. The Hall–Kier alpha value is -2.80. The largest absolute Gasteiger partial charge is 0.332 e. The first-order valence-electron chi connectivity index (χ1n) is 8.00. The summed E-state index contributed by atoms with van der Waals surface area (Å²) in [5.74, 6) is -0.235. The van der Waals surface area contributed by atoms with Gasteiger partial charge in [0.1, 0.15) is 11.9 Å². The van der Waals surface area contributed by atoms with Crippen molar-refractivity contribution in [2.24, 2.45) is 5.92 Å². The van der Waals surface area contributed by atoms with Gasteiger partial charge >= 0.3 is 0 Å². The summed E-state index contributed by atoms with van der Waals surface area (Å²) in [7, 11) is 0. The molecule has 0 aliphatic heterocycles. The molecule has 0 fully saturated rings. The number of nitrogens with zero attached hydrogens (tertiary/aromatic N) is 1. The summed E-state index contributed by atoms with van der Waals surface area (Å²) < 4.78 is 13.1. The highest BCUT2D eigenvalue weighted by Crippen LogP contribution is 2.18. The van der Waals surface area contributed by atoms with Gasteiger partial charge in [0.15, 0.2) is 6.54 Å². The third-order valence-electron chi connectivity index (χ3n) is 3.89. The van der Waals surface area contributed by atoms with Crippen LogP contribution >= 0.6 is 0 Å².